The molecule has 0 radical (unpaired) electrons. The van der Waals surface area contributed by atoms with E-state index in [2.05, 4.69) is 16.7 Å². The van der Waals surface area contributed by atoms with E-state index in [1.54, 1.807) is 0 Å². The SMILES string of the molecule is O=C(c1cn(Cc2cccc(Oc3ccccc3)c2)c2ccccc12)N1CCOCC1. The van der Waals surface area contributed by atoms with Crippen LogP contribution in [0, 0.1) is 0 Å². The zero-order valence-corrected chi connectivity index (χ0v) is 17.2. The Bertz CT molecular complexity index is 1190. The summed E-state index contributed by atoms with van der Waals surface area (Å²) in [6, 6.07) is 25.9. The highest BCUT2D eigenvalue weighted by molar-refractivity contribution is 6.07. The molecule has 0 atom stereocenters. The maximum atomic E-state index is 13.2. The Labute approximate surface area is 181 Å². The first-order chi connectivity index (χ1) is 15.3. The van der Waals surface area contributed by atoms with E-state index in [1.165, 1.54) is 0 Å². The minimum Gasteiger partial charge on any atom is -0.457 e. The minimum absolute atomic E-state index is 0.0689. The number of carbonyl (C=O) groups is 1. The summed E-state index contributed by atoms with van der Waals surface area (Å²) in [6.07, 6.45) is 1.98. The Morgan fingerprint density at radius 3 is 2.45 bits per heavy atom. The first kappa shape index (κ1) is 19.4. The number of nitrogens with zero attached hydrogens (tertiary/aromatic N) is 2. The van der Waals surface area contributed by atoms with Crippen molar-refractivity contribution in [3.05, 3.63) is 96.2 Å². The maximum absolute atomic E-state index is 13.2. The molecule has 0 N–H and O–H groups in total. The van der Waals surface area contributed by atoms with Crippen LogP contribution in [0.3, 0.4) is 0 Å². The molecule has 0 bridgehead atoms. The van der Waals surface area contributed by atoms with Gasteiger partial charge in [0.1, 0.15) is 11.5 Å². The number of amides is 1. The highest BCUT2D eigenvalue weighted by Crippen LogP contribution is 2.26. The maximum Gasteiger partial charge on any atom is 0.256 e. The number of hydrogen-bond acceptors (Lipinski definition) is 3. The largest absolute Gasteiger partial charge is 0.457 e. The number of hydrogen-bond donors (Lipinski definition) is 0. The van der Waals surface area contributed by atoms with Gasteiger partial charge in [0.25, 0.3) is 5.91 Å². The van der Waals surface area contributed by atoms with Crippen LogP contribution in [0.1, 0.15) is 15.9 Å². The van der Waals surface area contributed by atoms with Crippen LogP contribution in [0.25, 0.3) is 10.9 Å². The molecule has 31 heavy (non-hydrogen) atoms. The van der Waals surface area contributed by atoms with Crippen LogP contribution < -0.4 is 4.74 Å². The Balaban J connectivity index is 1.43. The standard InChI is InChI=1S/C26H24N2O3/c29-26(27-13-15-30-16-14-27)24-19-28(25-12-5-4-11-23(24)25)18-20-7-6-10-22(17-20)31-21-8-2-1-3-9-21/h1-12,17,19H,13-16,18H2. The fraction of sp³-hybridized carbons (Fsp3) is 0.192. The fourth-order valence-corrected chi connectivity index (χ4v) is 4.01. The zero-order valence-electron chi connectivity index (χ0n) is 17.2. The third-order valence-electron chi connectivity index (χ3n) is 5.55. The Morgan fingerprint density at radius 1 is 0.871 bits per heavy atom. The lowest BCUT2D eigenvalue weighted by molar-refractivity contribution is 0.0304. The number of fused-ring (bicyclic) bond motifs is 1. The van der Waals surface area contributed by atoms with Crippen molar-refractivity contribution in [2.24, 2.45) is 0 Å². The van der Waals surface area contributed by atoms with Crippen molar-refractivity contribution in [2.45, 2.75) is 6.54 Å². The Hall–Kier alpha value is -3.57. The van der Waals surface area contributed by atoms with Crippen molar-refractivity contribution in [3.8, 4) is 11.5 Å². The third kappa shape index (κ3) is 4.18. The lowest BCUT2D eigenvalue weighted by Gasteiger charge is -2.26. The summed E-state index contributed by atoms with van der Waals surface area (Å²) in [4.78, 5) is 15.1. The summed E-state index contributed by atoms with van der Waals surface area (Å²) < 4.78 is 13.5. The van der Waals surface area contributed by atoms with Crippen LogP contribution in [0.2, 0.25) is 0 Å². The summed E-state index contributed by atoms with van der Waals surface area (Å²) in [7, 11) is 0. The van der Waals surface area contributed by atoms with E-state index in [0.717, 1.165) is 33.5 Å². The average molecular weight is 412 g/mol. The van der Waals surface area contributed by atoms with Gasteiger partial charge in [-0.25, -0.2) is 0 Å². The van der Waals surface area contributed by atoms with E-state index in [9.17, 15) is 4.79 Å². The molecule has 156 valence electrons. The van der Waals surface area contributed by atoms with Crippen molar-refractivity contribution in [1.82, 2.24) is 9.47 Å². The number of rotatable bonds is 5. The summed E-state index contributed by atoms with van der Waals surface area (Å²) in [6.45, 7) is 3.12. The molecule has 1 amide bonds. The number of morpholine rings is 1. The van der Waals surface area contributed by atoms with Gasteiger partial charge in [-0.3, -0.25) is 4.79 Å². The molecule has 5 nitrogen and oxygen atoms in total. The second-order valence-electron chi connectivity index (χ2n) is 7.65. The van der Waals surface area contributed by atoms with Gasteiger partial charge in [0.2, 0.25) is 0 Å². The summed E-state index contributed by atoms with van der Waals surface area (Å²) in [5, 5.41) is 0.982. The van der Waals surface area contributed by atoms with Crippen molar-refractivity contribution in [2.75, 3.05) is 26.3 Å². The van der Waals surface area contributed by atoms with Crippen molar-refractivity contribution < 1.29 is 14.3 Å². The van der Waals surface area contributed by atoms with E-state index in [-0.39, 0.29) is 5.91 Å². The molecule has 3 aromatic carbocycles. The van der Waals surface area contributed by atoms with Crippen LogP contribution in [-0.4, -0.2) is 41.7 Å². The topological polar surface area (TPSA) is 43.7 Å². The second-order valence-corrected chi connectivity index (χ2v) is 7.65. The van der Waals surface area contributed by atoms with Gasteiger partial charge in [0.15, 0.2) is 0 Å². The minimum atomic E-state index is 0.0689. The molecular weight excluding hydrogens is 388 g/mol. The molecule has 5 heteroatoms. The average Bonchev–Trinajstić information content (AvgIpc) is 3.18. The summed E-state index contributed by atoms with van der Waals surface area (Å²) >= 11 is 0. The third-order valence-corrected chi connectivity index (χ3v) is 5.55. The lowest BCUT2D eigenvalue weighted by atomic mass is 10.1. The molecule has 1 aliphatic rings. The monoisotopic (exact) mass is 412 g/mol. The van der Waals surface area contributed by atoms with Gasteiger partial charge in [0, 0.05) is 36.7 Å². The highest BCUT2D eigenvalue weighted by Gasteiger charge is 2.22. The molecule has 5 rings (SSSR count). The molecule has 4 aromatic rings. The van der Waals surface area contributed by atoms with Crippen molar-refractivity contribution in [3.63, 3.8) is 0 Å². The van der Waals surface area contributed by atoms with Gasteiger partial charge in [-0.05, 0) is 35.9 Å². The molecule has 1 fully saturated rings. The van der Waals surface area contributed by atoms with E-state index in [4.69, 9.17) is 9.47 Å². The van der Waals surface area contributed by atoms with Gasteiger partial charge in [-0.2, -0.15) is 0 Å². The predicted molar refractivity (Wildman–Crippen MR) is 121 cm³/mol. The van der Waals surface area contributed by atoms with Gasteiger partial charge in [0.05, 0.1) is 18.8 Å². The number of benzene rings is 3. The van der Waals surface area contributed by atoms with Gasteiger partial charge in [-0.15, -0.1) is 0 Å². The lowest BCUT2D eigenvalue weighted by Crippen LogP contribution is -2.40. The molecule has 0 spiro atoms. The molecule has 1 aliphatic heterocycles. The first-order valence-corrected chi connectivity index (χ1v) is 10.5. The fourth-order valence-electron chi connectivity index (χ4n) is 4.01. The zero-order chi connectivity index (χ0) is 21.0. The molecular formula is C26H24N2O3. The normalized spacial score (nSPS) is 14.0. The number of aromatic nitrogens is 1. The smallest absolute Gasteiger partial charge is 0.256 e. The molecule has 1 aromatic heterocycles. The van der Waals surface area contributed by atoms with Crippen LogP contribution >= 0.6 is 0 Å². The Kier molecular flexibility index (Phi) is 5.42. The Morgan fingerprint density at radius 2 is 1.61 bits per heavy atom. The molecule has 0 unspecified atom stereocenters. The quantitative estimate of drug-likeness (QED) is 0.466. The highest BCUT2D eigenvalue weighted by atomic mass is 16.5. The molecule has 1 saturated heterocycles. The summed E-state index contributed by atoms with van der Waals surface area (Å²) in [5.74, 6) is 1.67. The van der Waals surface area contributed by atoms with Crippen LogP contribution in [0.4, 0.5) is 0 Å². The van der Waals surface area contributed by atoms with Gasteiger partial charge >= 0.3 is 0 Å². The summed E-state index contributed by atoms with van der Waals surface area (Å²) in [5.41, 5.74) is 2.90. The van der Waals surface area contributed by atoms with Gasteiger partial charge < -0.3 is 18.9 Å². The van der Waals surface area contributed by atoms with Crippen LogP contribution in [0.15, 0.2) is 85.1 Å². The molecule has 0 aliphatic carbocycles. The van der Waals surface area contributed by atoms with Gasteiger partial charge in [-0.1, -0.05) is 48.5 Å². The number of para-hydroxylation sites is 2. The van der Waals surface area contributed by atoms with Crippen LogP contribution in [0.5, 0.6) is 11.5 Å². The van der Waals surface area contributed by atoms with E-state index in [0.29, 0.717) is 32.8 Å². The molecule has 0 saturated carbocycles. The predicted octanol–water partition coefficient (Wildman–Crippen LogP) is 4.95. The van der Waals surface area contributed by atoms with E-state index >= 15 is 0 Å². The number of carbonyl (C=O) groups excluding carboxylic acids is 1. The van der Waals surface area contributed by atoms with Crippen molar-refractivity contribution in [1.29, 1.82) is 0 Å². The first-order valence-electron chi connectivity index (χ1n) is 10.5. The van der Waals surface area contributed by atoms with E-state index in [1.807, 2.05) is 77.8 Å². The van der Waals surface area contributed by atoms with Crippen LogP contribution in [-0.2, 0) is 11.3 Å². The number of ether oxygens (including phenoxy) is 2. The molecule has 2 heterocycles. The van der Waals surface area contributed by atoms with E-state index < -0.39 is 0 Å². The second kappa shape index (κ2) is 8.66. The van der Waals surface area contributed by atoms with Crippen molar-refractivity contribution >= 4 is 16.8 Å².